The highest BCUT2D eigenvalue weighted by atomic mass is 79.9. The van der Waals surface area contributed by atoms with E-state index >= 15 is 0 Å². The van der Waals surface area contributed by atoms with Gasteiger partial charge in [0.2, 0.25) is 10.0 Å². The van der Waals surface area contributed by atoms with Crippen LogP contribution in [0.15, 0.2) is 28.7 Å². The van der Waals surface area contributed by atoms with E-state index in [4.69, 9.17) is 5.11 Å². The molecule has 0 aromatic heterocycles. The van der Waals surface area contributed by atoms with Crippen LogP contribution in [0.5, 0.6) is 0 Å². The molecule has 1 aromatic carbocycles. The fourth-order valence-corrected chi connectivity index (χ4v) is 3.29. The average Bonchev–Trinajstić information content (AvgIpc) is 2.26. The van der Waals surface area contributed by atoms with E-state index in [1.165, 1.54) is 0 Å². The zero-order valence-corrected chi connectivity index (χ0v) is 12.2. The molecule has 18 heavy (non-hydrogen) atoms. The molecule has 100 valence electrons. The van der Waals surface area contributed by atoms with Gasteiger partial charge in [-0.2, -0.15) is 0 Å². The summed E-state index contributed by atoms with van der Waals surface area (Å²) in [5.41, 5.74) is 0.802. The van der Waals surface area contributed by atoms with Crippen LogP contribution >= 0.6 is 15.9 Å². The second-order valence-corrected chi connectivity index (χ2v) is 6.55. The van der Waals surface area contributed by atoms with Crippen LogP contribution in [0, 0.1) is 0 Å². The Kier molecular flexibility index (Phi) is 5.30. The van der Waals surface area contributed by atoms with Gasteiger partial charge >= 0.3 is 5.97 Å². The number of benzene rings is 1. The van der Waals surface area contributed by atoms with Crippen LogP contribution in [-0.2, 0) is 14.8 Å². The first kappa shape index (κ1) is 15.1. The summed E-state index contributed by atoms with van der Waals surface area (Å²) in [6.07, 6.45) is -0.405. The molecule has 1 aromatic rings. The summed E-state index contributed by atoms with van der Waals surface area (Å²) in [6, 6.07) is 6.84. The maximum atomic E-state index is 11.6. The van der Waals surface area contributed by atoms with Crippen molar-refractivity contribution in [1.29, 1.82) is 0 Å². The van der Waals surface area contributed by atoms with Crippen molar-refractivity contribution in [3.8, 4) is 0 Å². The lowest BCUT2D eigenvalue weighted by molar-refractivity contribution is -0.136. The summed E-state index contributed by atoms with van der Waals surface area (Å²) in [4.78, 5) is 10.4. The minimum absolute atomic E-state index is 0.405. The minimum atomic E-state index is -3.59. The van der Waals surface area contributed by atoms with Crippen molar-refractivity contribution in [2.24, 2.45) is 0 Å². The van der Waals surface area contributed by atoms with E-state index in [0.29, 0.717) is 0 Å². The molecule has 0 saturated heterocycles. The molecule has 0 fully saturated rings. The van der Waals surface area contributed by atoms with Gasteiger partial charge in [-0.05, 0) is 18.6 Å². The Bertz CT molecular complexity index is 530. The van der Waals surface area contributed by atoms with E-state index in [9.17, 15) is 13.2 Å². The Hall–Kier alpha value is -0.920. The van der Waals surface area contributed by atoms with Gasteiger partial charge in [0.15, 0.2) is 0 Å². The van der Waals surface area contributed by atoms with Crippen LogP contribution in [0.1, 0.15) is 24.9 Å². The summed E-state index contributed by atoms with van der Waals surface area (Å²) in [6.45, 7) is 1.71. The van der Waals surface area contributed by atoms with Crippen LogP contribution in [-0.4, -0.2) is 25.2 Å². The van der Waals surface area contributed by atoms with Crippen LogP contribution in [0.4, 0.5) is 0 Å². The lowest BCUT2D eigenvalue weighted by Gasteiger charge is -2.15. The number of hydrogen-bond donors (Lipinski definition) is 2. The number of halogens is 1. The number of hydrogen-bond acceptors (Lipinski definition) is 3. The Morgan fingerprint density at radius 2 is 2.06 bits per heavy atom. The lowest BCUT2D eigenvalue weighted by Crippen LogP contribution is -2.30. The number of nitrogens with one attached hydrogen (secondary N) is 1. The predicted octanol–water partition coefficient (Wildman–Crippen LogP) is 1.90. The molecule has 0 bridgehead atoms. The van der Waals surface area contributed by atoms with Gasteiger partial charge in [-0.15, -0.1) is 0 Å². The highest BCUT2D eigenvalue weighted by Crippen LogP contribution is 2.23. The third-order valence-electron chi connectivity index (χ3n) is 2.31. The average molecular weight is 336 g/mol. The Morgan fingerprint density at radius 3 is 2.61 bits per heavy atom. The van der Waals surface area contributed by atoms with Crippen molar-refractivity contribution in [2.45, 2.75) is 19.4 Å². The first-order valence-corrected chi connectivity index (χ1v) is 7.72. The Balaban J connectivity index is 2.73. The first-order chi connectivity index (χ1) is 8.32. The van der Waals surface area contributed by atoms with Gasteiger partial charge in [0.1, 0.15) is 0 Å². The molecule has 0 amide bonds. The maximum absolute atomic E-state index is 11.6. The second kappa shape index (κ2) is 6.31. The van der Waals surface area contributed by atoms with Gasteiger partial charge in [-0.1, -0.05) is 34.1 Å². The van der Waals surface area contributed by atoms with Gasteiger partial charge in [-0.3, -0.25) is 4.79 Å². The summed E-state index contributed by atoms with van der Waals surface area (Å²) in [5, 5.41) is 8.47. The minimum Gasteiger partial charge on any atom is -0.481 e. The van der Waals surface area contributed by atoms with Crippen molar-refractivity contribution in [1.82, 2.24) is 4.72 Å². The SMILES string of the molecule is C[C@H](NS(=O)(=O)CCC(=O)O)c1ccccc1Br. The smallest absolute Gasteiger partial charge is 0.304 e. The van der Waals surface area contributed by atoms with Crippen molar-refractivity contribution in [3.63, 3.8) is 0 Å². The van der Waals surface area contributed by atoms with Crippen LogP contribution in [0.3, 0.4) is 0 Å². The molecule has 0 aliphatic heterocycles. The largest absolute Gasteiger partial charge is 0.481 e. The Morgan fingerprint density at radius 1 is 1.44 bits per heavy atom. The molecule has 0 aliphatic rings. The quantitative estimate of drug-likeness (QED) is 0.831. The van der Waals surface area contributed by atoms with Crippen molar-refractivity contribution >= 4 is 31.9 Å². The van der Waals surface area contributed by atoms with Crippen molar-refractivity contribution < 1.29 is 18.3 Å². The number of carbonyl (C=O) groups is 1. The molecule has 2 N–H and O–H groups in total. The van der Waals surface area contributed by atoms with Crippen molar-refractivity contribution in [2.75, 3.05) is 5.75 Å². The monoisotopic (exact) mass is 335 g/mol. The summed E-state index contributed by atoms with van der Waals surface area (Å²) < 4.78 is 26.5. The molecular weight excluding hydrogens is 322 g/mol. The van der Waals surface area contributed by atoms with E-state index < -0.39 is 34.2 Å². The lowest BCUT2D eigenvalue weighted by atomic mass is 10.1. The fourth-order valence-electron chi connectivity index (χ4n) is 1.44. The number of carboxylic acid groups (broad SMARTS) is 1. The molecule has 1 rings (SSSR count). The third kappa shape index (κ3) is 4.75. The number of carboxylic acids is 1. The molecule has 0 radical (unpaired) electrons. The molecular formula is C11H14BrNO4S. The fraction of sp³-hybridized carbons (Fsp3) is 0.364. The molecule has 7 heteroatoms. The van der Waals surface area contributed by atoms with E-state index in [-0.39, 0.29) is 0 Å². The van der Waals surface area contributed by atoms with Crippen LogP contribution in [0.25, 0.3) is 0 Å². The molecule has 5 nitrogen and oxygen atoms in total. The van der Waals surface area contributed by atoms with Gasteiger partial charge in [0, 0.05) is 10.5 Å². The molecule has 0 spiro atoms. The number of aliphatic carboxylic acids is 1. The van der Waals surface area contributed by atoms with Crippen molar-refractivity contribution in [3.05, 3.63) is 34.3 Å². The second-order valence-electron chi connectivity index (χ2n) is 3.82. The van der Waals surface area contributed by atoms with E-state index in [1.54, 1.807) is 13.0 Å². The van der Waals surface area contributed by atoms with Crippen LogP contribution < -0.4 is 4.72 Å². The Labute approximate surface area is 114 Å². The van der Waals surface area contributed by atoms with E-state index in [1.807, 2.05) is 18.2 Å². The third-order valence-corrected chi connectivity index (χ3v) is 4.49. The summed E-state index contributed by atoms with van der Waals surface area (Å²) in [5.74, 6) is -1.55. The zero-order valence-electron chi connectivity index (χ0n) is 9.76. The summed E-state index contributed by atoms with van der Waals surface area (Å²) >= 11 is 3.34. The number of rotatable bonds is 6. The normalized spacial score (nSPS) is 13.2. The highest BCUT2D eigenvalue weighted by Gasteiger charge is 2.18. The van der Waals surface area contributed by atoms with Crippen LogP contribution in [0.2, 0.25) is 0 Å². The molecule has 0 aliphatic carbocycles. The topological polar surface area (TPSA) is 83.5 Å². The number of sulfonamides is 1. The first-order valence-electron chi connectivity index (χ1n) is 5.28. The van der Waals surface area contributed by atoms with E-state index in [0.717, 1.165) is 10.0 Å². The molecule has 1 atom stereocenters. The predicted molar refractivity (Wildman–Crippen MR) is 71.7 cm³/mol. The van der Waals surface area contributed by atoms with Gasteiger partial charge < -0.3 is 5.11 Å². The van der Waals surface area contributed by atoms with Gasteiger partial charge in [0.05, 0.1) is 12.2 Å². The molecule has 0 heterocycles. The molecule has 0 saturated carbocycles. The zero-order chi connectivity index (χ0) is 13.8. The highest BCUT2D eigenvalue weighted by molar-refractivity contribution is 9.10. The van der Waals surface area contributed by atoms with E-state index in [2.05, 4.69) is 20.7 Å². The van der Waals surface area contributed by atoms with Gasteiger partial charge in [-0.25, -0.2) is 13.1 Å². The summed E-state index contributed by atoms with van der Waals surface area (Å²) in [7, 11) is -3.59. The van der Waals surface area contributed by atoms with Gasteiger partial charge in [0.25, 0.3) is 0 Å². The standard InChI is InChI=1S/C11H14BrNO4S/c1-8(9-4-2-3-5-10(9)12)13-18(16,17)7-6-11(14)15/h2-5,8,13H,6-7H2,1H3,(H,14,15)/t8-/m0/s1. The maximum Gasteiger partial charge on any atom is 0.304 e. The molecule has 0 unspecified atom stereocenters.